The maximum atomic E-state index is 12.3. The molecule has 1 aromatic carbocycles. The van der Waals surface area contributed by atoms with Crippen LogP contribution in [0, 0.1) is 0 Å². The summed E-state index contributed by atoms with van der Waals surface area (Å²) in [6, 6.07) is 7.03. The summed E-state index contributed by atoms with van der Waals surface area (Å²) in [5, 5.41) is 0. The number of benzene rings is 1. The quantitative estimate of drug-likeness (QED) is 0.821. The molecule has 2 amide bonds. The zero-order chi connectivity index (χ0) is 13.8. The molecule has 1 aliphatic heterocycles. The third-order valence-corrected chi connectivity index (χ3v) is 3.74. The summed E-state index contributed by atoms with van der Waals surface area (Å²) < 4.78 is 0. The maximum absolute atomic E-state index is 12.3. The van der Waals surface area contributed by atoms with Gasteiger partial charge in [0.05, 0.1) is 6.42 Å². The van der Waals surface area contributed by atoms with Gasteiger partial charge in [-0.05, 0) is 37.0 Å². The molecule has 102 valence electrons. The fourth-order valence-corrected chi connectivity index (χ4v) is 2.56. The minimum Gasteiger partial charge on any atom is -0.368 e. The molecule has 1 fully saturated rings. The molecule has 1 aliphatic rings. The summed E-state index contributed by atoms with van der Waals surface area (Å²) in [6.07, 6.45) is 2.87. The lowest BCUT2D eigenvalue weighted by atomic mass is 10.0. The van der Waals surface area contributed by atoms with Gasteiger partial charge in [0.25, 0.3) is 0 Å². The summed E-state index contributed by atoms with van der Waals surface area (Å²) >= 11 is 4.21. The Bertz CT molecular complexity index is 473. The average molecular weight is 278 g/mol. The molecule has 2 N–H and O–H groups in total. The highest BCUT2D eigenvalue weighted by Gasteiger charge is 2.30. The summed E-state index contributed by atoms with van der Waals surface area (Å²) in [6.45, 7) is 0.622. The molecule has 0 aliphatic carbocycles. The van der Waals surface area contributed by atoms with Crippen molar-refractivity contribution in [3.63, 3.8) is 0 Å². The number of amides is 2. The number of thiol groups is 1. The van der Waals surface area contributed by atoms with Gasteiger partial charge in [-0.15, -0.1) is 12.6 Å². The van der Waals surface area contributed by atoms with Crippen LogP contribution in [0.5, 0.6) is 0 Å². The van der Waals surface area contributed by atoms with E-state index in [1.165, 1.54) is 0 Å². The summed E-state index contributed by atoms with van der Waals surface area (Å²) in [5.74, 6) is -0.436. The predicted octanol–water partition coefficient (Wildman–Crippen LogP) is 1.38. The number of carbonyl (C=O) groups excluding carboxylic acids is 2. The maximum Gasteiger partial charge on any atom is 0.240 e. The van der Waals surface area contributed by atoms with Crippen LogP contribution in [0.25, 0.3) is 0 Å². The van der Waals surface area contributed by atoms with E-state index in [0.29, 0.717) is 19.4 Å². The summed E-state index contributed by atoms with van der Waals surface area (Å²) in [5.41, 5.74) is 6.29. The van der Waals surface area contributed by atoms with E-state index in [0.717, 1.165) is 23.3 Å². The van der Waals surface area contributed by atoms with Gasteiger partial charge in [-0.2, -0.15) is 0 Å². The Morgan fingerprint density at radius 2 is 1.95 bits per heavy atom. The molecule has 4 nitrogen and oxygen atoms in total. The molecule has 1 atom stereocenters. The molecule has 5 heteroatoms. The van der Waals surface area contributed by atoms with E-state index in [4.69, 9.17) is 5.73 Å². The van der Waals surface area contributed by atoms with Crippen LogP contribution in [0.4, 0.5) is 0 Å². The Kier molecular flexibility index (Phi) is 4.47. The molecule has 1 aromatic rings. The van der Waals surface area contributed by atoms with Gasteiger partial charge in [-0.25, -0.2) is 0 Å². The molecule has 1 saturated heterocycles. The molecular weight excluding hydrogens is 260 g/mol. The fourth-order valence-electron chi connectivity index (χ4n) is 2.42. The van der Waals surface area contributed by atoms with Crippen molar-refractivity contribution in [2.24, 2.45) is 5.73 Å². The Morgan fingerprint density at radius 3 is 2.58 bits per heavy atom. The highest BCUT2D eigenvalue weighted by molar-refractivity contribution is 7.80. The van der Waals surface area contributed by atoms with E-state index in [-0.39, 0.29) is 5.91 Å². The Morgan fingerprint density at radius 1 is 1.26 bits per heavy atom. The lowest BCUT2D eigenvalue weighted by molar-refractivity contribution is -0.140. The van der Waals surface area contributed by atoms with Gasteiger partial charge >= 0.3 is 0 Å². The topological polar surface area (TPSA) is 63.4 Å². The van der Waals surface area contributed by atoms with Crippen LogP contribution < -0.4 is 5.73 Å². The number of carbonyl (C=O) groups is 2. The number of likely N-dealkylation sites (tertiary alicyclic amines) is 1. The number of nitrogens with two attached hydrogens (primary N) is 1. The standard InChI is InChI=1S/C14H18N2O2S/c15-14(18)12-3-1-2-8-16(12)13(17)9-10-4-6-11(19)7-5-10/h4-7,12,19H,1-3,8-9H2,(H2,15,18). The molecule has 2 rings (SSSR count). The monoisotopic (exact) mass is 278 g/mol. The van der Waals surface area contributed by atoms with Crippen molar-refractivity contribution in [1.82, 2.24) is 4.90 Å². The van der Waals surface area contributed by atoms with E-state index in [1.54, 1.807) is 4.90 Å². The van der Waals surface area contributed by atoms with Crippen LogP contribution in [0.2, 0.25) is 0 Å². The first-order valence-corrected chi connectivity index (χ1v) is 6.89. The molecule has 0 saturated carbocycles. The number of hydrogen-bond acceptors (Lipinski definition) is 3. The first-order valence-electron chi connectivity index (χ1n) is 6.44. The predicted molar refractivity (Wildman–Crippen MR) is 75.9 cm³/mol. The van der Waals surface area contributed by atoms with E-state index >= 15 is 0 Å². The highest BCUT2D eigenvalue weighted by atomic mass is 32.1. The zero-order valence-electron chi connectivity index (χ0n) is 10.7. The second kappa shape index (κ2) is 6.10. The average Bonchev–Trinajstić information content (AvgIpc) is 2.41. The van der Waals surface area contributed by atoms with Crippen molar-refractivity contribution in [3.05, 3.63) is 29.8 Å². The molecule has 19 heavy (non-hydrogen) atoms. The van der Waals surface area contributed by atoms with Gasteiger partial charge in [0.15, 0.2) is 0 Å². The first kappa shape index (κ1) is 13.9. The third-order valence-electron chi connectivity index (χ3n) is 3.44. The Labute approximate surface area is 118 Å². The second-order valence-electron chi connectivity index (χ2n) is 4.84. The number of hydrogen-bond donors (Lipinski definition) is 2. The van der Waals surface area contributed by atoms with E-state index in [2.05, 4.69) is 12.6 Å². The number of nitrogens with zero attached hydrogens (tertiary/aromatic N) is 1. The minimum atomic E-state index is -0.439. The van der Waals surface area contributed by atoms with Crippen LogP contribution in [-0.2, 0) is 16.0 Å². The Hall–Kier alpha value is -1.49. The van der Waals surface area contributed by atoms with Gasteiger partial charge in [0.1, 0.15) is 6.04 Å². The van der Waals surface area contributed by atoms with Gasteiger partial charge in [-0.3, -0.25) is 9.59 Å². The molecule has 1 unspecified atom stereocenters. The second-order valence-corrected chi connectivity index (χ2v) is 5.36. The van der Waals surface area contributed by atoms with E-state index in [1.807, 2.05) is 24.3 Å². The van der Waals surface area contributed by atoms with Crippen LogP contribution in [0.3, 0.4) is 0 Å². The van der Waals surface area contributed by atoms with Crippen LogP contribution >= 0.6 is 12.6 Å². The van der Waals surface area contributed by atoms with E-state index < -0.39 is 11.9 Å². The Balaban J connectivity index is 2.05. The van der Waals surface area contributed by atoms with Crippen molar-refractivity contribution in [3.8, 4) is 0 Å². The molecule has 0 radical (unpaired) electrons. The van der Waals surface area contributed by atoms with Crippen molar-refractivity contribution in [1.29, 1.82) is 0 Å². The number of rotatable bonds is 3. The number of piperidine rings is 1. The molecule has 0 spiro atoms. The fraction of sp³-hybridized carbons (Fsp3) is 0.429. The SMILES string of the molecule is NC(=O)C1CCCCN1C(=O)Cc1ccc(S)cc1. The van der Waals surface area contributed by atoms with Crippen molar-refractivity contribution >= 4 is 24.4 Å². The lowest BCUT2D eigenvalue weighted by Crippen LogP contribution is -2.50. The van der Waals surface area contributed by atoms with Gasteiger partial charge in [0, 0.05) is 11.4 Å². The van der Waals surface area contributed by atoms with Crippen LogP contribution in [0.15, 0.2) is 29.2 Å². The van der Waals surface area contributed by atoms with Crippen LogP contribution in [-0.4, -0.2) is 29.3 Å². The summed E-state index contributed by atoms with van der Waals surface area (Å²) in [7, 11) is 0. The van der Waals surface area contributed by atoms with Crippen LogP contribution in [0.1, 0.15) is 24.8 Å². The van der Waals surface area contributed by atoms with Crippen molar-refractivity contribution in [2.75, 3.05) is 6.54 Å². The smallest absolute Gasteiger partial charge is 0.240 e. The third kappa shape index (κ3) is 3.50. The minimum absolute atomic E-state index is 0.0320. The van der Waals surface area contributed by atoms with Gasteiger partial charge in [0.2, 0.25) is 11.8 Å². The normalized spacial score (nSPS) is 19.2. The van der Waals surface area contributed by atoms with Gasteiger partial charge in [-0.1, -0.05) is 12.1 Å². The van der Waals surface area contributed by atoms with Crippen molar-refractivity contribution in [2.45, 2.75) is 36.6 Å². The van der Waals surface area contributed by atoms with Gasteiger partial charge < -0.3 is 10.6 Å². The van der Waals surface area contributed by atoms with Crippen molar-refractivity contribution < 1.29 is 9.59 Å². The van der Waals surface area contributed by atoms with E-state index in [9.17, 15) is 9.59 Å². The number of primary amides is 1. The molecule has 1 heterocycles. The first-order chi connectivity index (χ1) is 9.08. The summed E-state index contributed by atoms with van der Waals surface area (Å²) in [4.78, 5) is 26.1. The molecular formula is C14H18N2O2S. The highest BCUT2D eigenvalue weighted by Crippen LogP contribution is 2.18. The lowest BCUT2D eigenvalue weighted by Gasteiger charge is -2.33. The molecule has 0 aromatic heterocycles. The largest absolute Gasteiger partial charge is 0.368 e. The molecule has 0 bridgehead atoms. The zero-order valence-corrected chi connectivity index (χ0v) is 11.6.